The fourth-order valence-corrected chi connectivity index (χ4v) is 2.65. The molecule has 0 saturated carbocycles. The topological polar surface area (TPSA) is 38.0 Å². The Morgan fingerprint density at radius 2 is 2.00 bits per heavy atom. The number of phenols is 1. The van der Waals surface area contributed by atoms with Gasteiger partial charge in [-0.25, -0.2) is 4.98 Å². The molecule has 0 aliphatic rings. The fraction of sp³-hybridized carbons (Fsp3) is 0.133. The Kier molecular flexibility index (Phi) is 3.03. The van der Waals surface area contributed by atoms with Crippen LogP contribution in [0, 0.1) is 0 Å². The first-order valence-corrected chi connectivity index (χ1v) is 6.94. The third-order valence-electron chi connectivity index (χ3n) is 3.17. The minimum Gasteiger partial charge on any atom is -0.507 e. The second kappa shape index (κ2) is 4.70. The standard InChI is InChI=1S/C15H13BrN2O/c1-2-18-13-6-4-3-5-12(13)17-15(18)11-9-10(16)7-8-14(11)19/h3-9,19H,2H2,1H3. The molecule has 0 aliphatic heterocycles. The second-order valence-electron chi connectivity index (χ2n) is 4.33. The van der Waals surface area contributed by atoms with Gasteiger partial charge in [-0.05, 0) is 37.3 Å². The van der Waals surface area contributed by atoms with Gasteiger partial charge in [-0.3, -0.25) is 0 Å². The maximum Gasteiger partial charge on any atom is 0.144 e. The van der Waals surface area contributed by atoms with Crippen LogP contribution in [0.5, 0.6) is 5.75 Å². The van der Waals surface area contributed by atoms with Crippen molar-refractivity contribution >= 4 is 27.0 Å². The Labute approximate surface area is 119 Å². The molecule has 0 atom stereocenters. The van der Waals surface area contributed by atoms with E-state index in [1.807, 2.05) is 36.4 Å². The average Bonchev–Trinajstić information content (AvgIpc) is 2.79. The summed E-state index contributed by atoms with van der Waals surface area (Å²) < 4.78 is 3.03. The lowest BCUT2D eigenvalue weighted by Crippen LogP contribution is -1.97. The highest BCUT2D eigenvalue weighted by Crippen LogP contribution is 2.33. The van der Waals surface area contributed by atoms with Crippen molar-refractivity contribution in [1.29, 1.82) is 0 Å². The molecule has 0 amide bonds. The minimum atomic E-state index is 0.244. The van der Waals surface area contributed by atoms with Crippen molar-refractivity contribution in [1.82, 2.24) is 9.55 Å². The van der Waals surface area contributed by atoms with Crippen molar-refractivity contribution in [2.24, 2.45) is 0 Å². The number of hydrogen-bond donors (Lipinski definition) is 1. The Balaban J connectivity index is 2.33. The molecule has 0 radical (unpaired) electrons. The first-order valence-electron chi connectivity index (χ1n) is 6.15. The van der Waals surface area contributed by atoms with Gasteiger partial charge in [0.25, 0.3) is 0 Å². The van der Waals surface area contributed by atoms with E-state index in [1.165, 1.54) is 0 Å². The van der Waals surface area contributed by atoms with Crippen LogP contribution in [0.25, 0.3) is 22.4 Å². The average molecular weight is 317 g/mol. The number of hydrogen-bond acceptors (Lipinski definition) is 2. The maximum atomic E-state index is 10.1. The smallest absolute Gasteiger partial charge is 0.144 e. The maximum absolute atomic E-state index is 10.1. The van der Waals surface area contributed by atoms with Gasteiger partial charge in [-0.15, -0.1) is 0 Å². The lowest BCUT2D eigenvalue weighted by molar-refractivity contribution is 0.476. The third kappa shape index (κ3) is 2.02. The summed E-state index contributed by atoms with van der Waals surface area (Å²) >= 11 is 3.44. The van der Waals surface area contributed by atoms with Gasteiger partial charge in [0.2, 0.25) is 0 Å². The van der Waals surface area contributed by atoms with Crippen LogP contribution in [0.4, 0.5) is 0 Å². The van der Waals surface area contributed by atoms with Crippen LogP contribution in [0.1, 0.15) is 6.92 Å². The number of aromatic hydroxyl groups is 1. The molecule has 1 aromatic heterocycles. The van der Waals surface area contributed by atoms with E-state index in [-0.39, 0.29) is 5.75 Å². The highest BCUT2D eigenvalue weighted by Gasteiger charge is 2.14. The Bertz CT molecular complexity index is 749. The Morgan fingerprint density at radius 3 is 2.79 bits per heavy atom. The number of para-hydroxylation sites is 2. The predicted molar refractivity (Wildman–Crippen MR) is 80.2 cm³/mol. The van der Waals surface area contributed by atoms with Crippen molar-refractivity contribution in [3.05, 3.63) is 46.9 Å². The summed E-state index contributed by atoms with van der Waals surface area (Å²) in [4.78, 5) is 4.64. The van der Waals surface area contributed by atoms with Gasteiger partial charge in [0, 0.05) is 11.0 Å². The van der Waals surface area contributed by atoms with E-state index in [9.17, 15) is 5.11 Å². The van der Waals surface area contributed by atoms with Gasteiger partial charge in [0.1, 0.15) is 11.6 Å². The van der Waals surface area contributed by atoms with Crippen LogP contribution in [0.15, 0.2) is 46.9 Å². The molecule has 3 aromatic rings. The number of phenolic OH excluding ortho intramolecular Hbond substituents is 1. The molecule has 3 rings (SSSR count). The molecule has 0 unspecified atom stereocenters. The van der Waals surface area contributed by atoms with Gasteiger partial charge in [-0.2, -0.15) is 0 Å². The zero-order chi connectivity index (χ0) is 13.4. The number of benzene rings is 2. The largest absolute Gasteiger partial charge is 0.507 e. The first kappa shape index (κ1) is 12.2. The van der Waals surface area contributed by atoms with Gasteiger partial charge in [0.05, 0.1) is 16.6 Å². The molecular weight excluding hydrogens is 304 g/mol. The summed E-state index contributed by atoms with van der Waals surface area (Å²) in [6.07, 6.45) is 0. The predicted octanol–water partition coefficient (Wildman–Crippen LogP) is 4.19. The van der Waals surface area contributed by atoms with Crippen LogP contribution in [0.3, 0.4) is 0 Å². The van der Waals surface area contributed by atoms with E-state index in [0.29, 0.717) is 0 Å². The number of aryl methyl sites for hydroxylation is 1. The molecule has 0 saturated heterocycles. The van der Waals surface area contributed by atoms with Gasteiger partial charge in [0.15, 0.2) is 0 Å². The number of nitrogens with zero attached hydrogens (tertiary/aromatic N) is 2. The molecule has 0 fully saturated rings. The molecule has 1 heterocycles. The molecule has 0 bridgehead atoms. The summed E-state index contributed by atoms with van der Waals surface area (Å²) in [6.45, 7) is 2.88. The number of fused-ring (bicyclic) bond motifs is 1. The van der Waals surface area contributed by atoms with E-state index in [1.54, 1.807) is 6.07 Å². The second-order valence-corrected chi connectivity index (χ2v) is 5.25. The minimum absolute atomic E-state index is 0.244. The molecule has 2 aromatic carbocycles. The molecule has 0 spiro atoms. The summed E-state index contributed by atoms with van der Waals surface area (Å²) in [7, 11) is 0. The number of imidazole rings is 1. The molecular formula is C15H13BrN2O. The van der Waals surface area contributed by atoms with Crippen LogP contribution in [-0.4, -0.2) is 14.7 Å². The first-order chi connectivity index (χ1) is 9.20. The van der Waals surface area contributed by atoms with E-state index in [2.05, 4.69) is 32.4 Å². The van der Waals surface area contributed by atoms with Crippen LogP contribution in [-0.2, 0) is 6.54 Å². The molecule has 96 valence electrons. The summed E-state index contributed by atoms with van der Waals surface area (Å²) in [5, 5.41) is 10.1. The van der Waals surface area contributed by atoms with Crippen LogP contribution < -0.4 is 0 Å². The van der Waals surface area contributed by atoms with Gasteiger partial charge < -0.3 is 9.67 Å². The third-order valence-corrected chi connectivity index (χ3v) is 3.66. The van der Waals surface area contributed by atoms with E-state index in [0.717, 1.165) is 33.4 Å². The van der Waals surface area contributed by atoms with Crippen molar-refractivity contribution in [3.63, 3.8) is 0 Å². The lowest BCUT2D eigenvalue weighted by atomic mass is 10.2. The molecule has 3 nitrogen and oxygen atoms in total. The van der Waals surface area contributed by atoms with Gasteiger partial charge >= 0.3 is 0 Å². The molecule has 4 heteroatoms. The van der Waals surface area contributed by atoms with Crippen molar-refractivity contribution in [2.45, 2.75) is 13.5 Å². The summed E-state index contributed by atoms with van der Waals surface area (Å²) in [6, 6.07) is 13.4. The normalized spacial score (nSPS) is 11.1. The summed E-state index contributed by atoms with van der Waals surface area (Å²) in [5.41, 5.74) is 2.77. The molecule has 1 N–H and O–H groups in total. The van der Waals surface area contributed by atoms with Gasteiger partial charge in [-0.1, -0.05) is 28.1 Å². The number of halogens is 1. The molecule has 19 heavy (non-hydrogen) atoms. The summed E-state index contributed by atoms with van der Waals surface area (Å²) in [5.74, 6) is 1.04. The van der Waals surface area contributed by atoms with Crippen molar-refractivity contribution in [3.8, 4) is 17.1 Å². The Hall–Kier alpha value is -1.81. The van der Waals surface area contributed by atoms with Crippen molar-refractivity contribution < 1.29 is 5.11 Å². The highest BCUT2D eigenvalue weighted by atomic mass is 79.9. The highest BCUT2D eigenvalue weighted by molar-refractivity contribution is 9.10. The van der Waals surface area contributed by atoms with E-state index < -0.39 is 0 Å². The van der Waals surface area contributed by atoms with E-state index >= 15 is 0 Å². The van der Waals surface area contributed by atoms with E-state index in [4.69, 9.17) is 0 Å². The monoisotopic (exact) mass is 316 g/mol. The number of rotatable bonds is 2. The lowest BCUT2D eigenvalue weighted by Gasteiger charge is -2.08. The van der Waals surface area contributed by atoms with Crippen LogP contribution in [0.2, 0.25) is 0 Å². The zero-order valence-corrected chi connectivity index (χ0v) is 12.1. The van der Waals surface area contributed by atoms with Crippen molar-refractivity contribution in [2.75, 3.05) is 0 Å². The Morgan fingerprint density at radius 1 is 1.21 bits per heavy atom. The quantitative estimate of drug-likeness (QED) is 0.769. The number of aromatic nitrogens is 2. The fourth-order valence-electron chi connectivity index (χ4n) is 2.29. The SMILES string of the molecule is CCn1c(-c2cc(Br)ccc2O)nc2ccccc21. The zero-order valence-electron chi connectivity index (χ0n) is 10.5. The molecule has 0 aliphatic carbocycles. The van der Waals surface area contributed by atoms with Crippen LogP contribution >= 0.6 is 15.9 Å².